The van der Waals surface area contributed by atoms with Crippen LogP contribution < -0.4 is 11.1 Å². The first kappa shape index (κ1) is 13.5. The first-order valence-electron chi connectivity index (χ1n) is 6.42. The summed E-state index contributed by atoms with van der Waals surface area (Å²) in [6.07, 6.45) is 3.39. The van der Waals surface area contributed by atoms with Crippen molar-refractivity contribution in [1.82, 2.24) is 0 Å². The van der Waals surface area contributed by atoms with Gasteiger partial charge in [-0.15, -0.1) is 0 Å². The van der Waals surface area contributed by atoms with Crippen LogP contribution >= 0.6 is 0 Å². The molecule has 1 aromatic rings. The molecular weight excluding hydrogens is 244 g/mol. The molecule has 102 valence electrons. The number of hydrogen-bond donors (Lipinski definition) is 2. The molecule has 0 amide bonds. The molecule has 0 spiro atoms. The summed E-state index contributed by atoms with van der Waals surface area (Å²) in [4.78, 5) is 22.5. The number of hydrogen-bond acceptors (Lipinski definition) is 5. The van der Waals surface area contributed by atoms with Crippen molar-refractivity contribution in [1.29, 1.82) is 0 Å². The molecule has 3 N–H and O–H groups in total. The van der Waals surface area contributed by atoms with E-state index in [1.54, 1.807) is 0 Å². The van der Waals surface area contributed by atoms with E-state index in [1.165, 1.54) is 24.5 Å². The zero-order valence-corrected chi connectivity index (χ0v) is 10.9. The lowest BCUT2D eigenvalue weighted by Crippen LogP contribution is -2.32. The molecule has 1 aliphatic carbocycles. The highest BCUT2D eigenvalue weighted by Crippen LogP contribution is 2.24. The second-order valence-corrected chi connectivity index (χ2v) is 4.77. The Bertz CT molecular complexity index is 497. The average molecular weight is 262 g/mol. The van der Waals surface area contributed by atoms with Gasteiger partial charge in [0.1, 0.15) is 12.6 Å². The molecule has 0 aromatic heterocycles. The minimum absolute atomic E-state index is 0.0444. The molecule has 0 fully saturated rings. The highest BCUT2D eigenvalue weighted by atomic mass is 16.6. The van der Waals surface area contributed by atoms with E-state index in [0.717, 1.165) is 18.5 Å². The Labute approximate surface area is 112 Å². The van der Waals surface area contributed by atoms with E-state index in [1.807, 2.05) is 12.1 Å². The number of benzene rings is 1. The first-order chi connectivity index (χ1) is 9.06. The van der Waals surface area contributed by atoms with Crippen LogP contribution in [-0.4, -0.2) is 24.5 Å². The van der Waals surface area contributed by atoms with E-state index in [4.69, 9.17) is 5.73 Å². The third-order valence-corrected chi connectivity index (χ3v) is 3.12. The standard InChI is InChI=1S/C14H18N2O3/c1-9(15)14(18)19-13(17)8-16-12-6-5-10-3-2-4-11(10)7-12/h5-7,9,16H,2-4,8,15H2,1H3/t9-/m0/s1. The van der Waals surface area contributed by atoms with Gasteiger partial charge in [-0.05, 0) is 49.4 Å². The molecule has 19 heavy (non-hydrogen) atoms. The van der Waals surface area contributed by atoms with Gasteiger partial charge in [0.05, 0.1) is 0 Å². The molecule has 0 saturated carbocycles. The third kappa shape index (κ3) is 3.54. The number of rotatable bonds is 4. The number of esters is 2. The van der Waals surface area contributed by atoms with Crippen molar-refractivity contribution in [2.45, 2.75) is 32.2 Å². The fraction of sp³-hybridized carbons (Fsp3) is 0.429. The Kier molecular flexibility index (Phi) is 4.16. The maximum atomic E-state index is 11.4. The number of nitrogens with one attached hydrogen (secondary N) is 1. The van der Waals surface area contributed by atoms with Crippen molar-refractivity contribution in [3.8, 4) is 0 Å². The maximum Gasteiger partial charge on any atom is 0.333 e. The van der Waals surface area contributed by atoms with Crippen LogP contribution in [0.4, 0.5) is 5.69 Å². The van der Waals surface area contributed by atoms with Crippen LogP contribution in [0.1, 0.15) is 24.5 Å². The van der Waals surface area contributed by atoms with Crippen LogP contribution in [0, 0.1) is 0 Å². The molecule has 0 heterocycles. The molecule has 5 heteroatoms. The summed E-state index contributed by atoms with van der Waals surface area (Å²) in [5.74, 6) is -1.33. The second kappa shape index (κ2) is 5.84. The minimum Gasteiger partial charge on any atom is -0.391 e. The molecule has 0 unspecified atom stereocenters. The predicted molar refractivity (Wildman–Crippen MR) is 71.7 cm³/mol. The lowest BCUT2D eigenvalue weighted by molar-refractivity contribution is -0.159. The molecule has 1 atom stereocenters. The van der Waals surface area contributed by atoms with Crippen LogP contribution in [-0.2, 0) is 27.2 Å². The quantitative estimate of drug-likeness (QED) is 0.625. The van der Waals surface area contributed by atoms with Crippen LogP contribution in [0.15, 0.2) is 18.2 Å². The normalized spacial score (nSPS) is 14.6. The first-order valence-corrected chi connectivity index (χ1v) is 6.42. The largest absolute Gasteiger partial charge is 0.391 e. The van der Waals surface area contributed by atoms with Crippen molar-refractivity contribution < 1.29 is 14.3 Å². The fourth-order valence-corrected chi connectivity index (χ4v) is 2.10. The number of carbonyl (C=O) groups is 2. The average Bonchev–Trinajstić information content (AvgIpc) is 2.83. The lowest BCUT2D eigenvalue weighted by Gasteiger charge is -2.09. The number of anilines is 1. The summed E-state index contributed by atoms with van der Waals surface area (Å²) >= 11 is 0. The molecule has 0 aliphatic heterocycles. The topological polar surface area (TPSA) is 81.4 Å². The van der Waals surface area contributed by atoms with Gasteiger partial charge in [0, 0.05) is 5.69 Å². The monoisotopic (exact) mass is 262 g/mol. The maximum absolute atomic E-state index is 11.4. The van der Waals surface area contributed by atoms with Crippen molar-refractivity contribution in [2.75, 3.05) is 11.9 Å². The van der Waals surface area contributed by atoms with Crippen LogP contribution in [0.3, 0.4) is 0 Å². The van der Waals surface area contributed by atoms with Crippen molar-refractivity contribution >= 4 is 17.6 Å². The Morgan fingerprint density at radius 1 is 1.37 bits per heavy atom. The Hall–Kier alpha value is -1.88. The molecule has 1 aromatic carbocycles. The summed E-state index contributed by atoms with van der Waals surface area (Å²) in [5, 5.41) is 2.95. The Morgan fingerprint density at radius 3 is 2.84 bits per heavy atom. The van der Waals surface area contributed by atoms with Crippen molar-refractivity contribution in [2.24, 2.45) is 5.73 Å². The van der Waals surface area contributed by atoms with Gasteiger partial charge in [0.15, 0.2) is 0 Å². The summed E-state index contributed by atoms with van der Waals surface area (Å²) in [6.45, 7) is 1.43. The van der Waals surface area contributed by atoms with Crippen LogP contribution in [0.5, 0.6) is 0 Å². The molecular formula is C14H18N2O3. The van der Waals surface area contributed by atoms with Gasteiger partial charge in [-0.2, -0.15) is 0 Å². The number of ether oxygens (including phenoxy) is 1. The smallest absolute Gasteiger partial charge is 0.333 e. The predicted octanol–water partition coefficient (Wildman–Crippen LogP) is 1.00. The van der Waals surface area contributed by atoms with Crippen molar-refractivity contribution in [3.05, 3.63) is 29.3 Å². The van der Waals surface area contributed by atoms with Crippen molar-refractivity contribution in [3.63, 3.8) is 0 Å². The number of aryl methyl sites for hydroxylation is 2. The van der Waals surface area contributed by atoms with Gasteiger partial charge in [0.25, 0.3) is 0 Å². The van der Waals surface area contributed by atoms with E-state index in [9.17, 15) is 9.59 Å². The number of fused-ring (bicyclic) bond motifs is 1. The number of nitrogens with two attached hydrogens (primary N) is 1. The SMILES string of the molecule is C[C@H](N)C(=O)OC(=O)CNc1ccc2c(c1)CCC2. The zero-order valence-electron chi connectivity index (χ0n) is 10.9. The summed E-state index contributed by atoms with van der Waals surface area (Å²) in [7, 11) is 0. The van der Waals surface area contributed by atoms with Gasteiger partial charge < -0.3 is 15.8 Å². The molecule has 0 saturated heterocycles. The van der Waals surface area contributed by atoms with Crippen LogP contribution in [0.2, 0.25) is 0 Å². The summed E-state index contributed by atoms with van der Waals surface area (Å²) in [6, 6.07) is 5.26. The summed E-state index contributed by atoms with van der Waals surface area (Å²) < 4.78 is 4.56. The van der Waals surface area contributed by atoms with E-state index in [2.05, 4.69) is 16.1 Å². The highest BCUT2D eigenvalue weighted by Gasteiger charge is 2.15. The minimum atomic E-state index is -0.788. The molecule has 0 radical (unpaired) electrons. The fourth-order valence-electron chi connectivity index (χ4n) is 2.10. The van der Waals surface area contributed by atoms with E-state index < -0.39 is 18.0 Å². The highest BCUT2D eigenvalue weighted by molar-refractivity contribution is 5.89. The molecule has 0 bridgehead atoms. The second-order valence-electron chi connectivity index (χ2n) is 4.77. The van der Waals surface area contributed by atoms with Gasteiger partial charge in [-0.1, -0.05) is 6.07 Å². The lowest BCUT2D eigenvalue weighted by atomic mass is 10.1. The Morgan fingerprint density at radius 2 is 2.11 bits per heavy atom. The third-order valence-electron chi connectivity index (χ3n) is 3.12. The molecule has 5 nitrogen and oxygen atoms in total. The summed E-state index contributed by atoms with van der Waals surface area (Å²) in [5.41, 5.74) is 8.87. The zero-order chi connectivity index (χ0) is 13.8. The number of carbonyl (C=O) groups excluding carboxylic acids is 2. The van der Waals surface area contributed by atoms with Gasteiger partial charge in [0.2, 0.25) is 0 Å². The van der Waals surface area contributed by atoms with Crippen LogP contribution in [0.25, 0.3) is 0 Å². The van der Waals surface area contributed by atoms with Gasteiger partial charge >= 0.3 is 11.9 Å². The van der Waals surface area contributed by atoms with E-state index >= 15 is 0 Å². The van der Waals surface area contributed by atoms with E-state index in [0.29, 0.717) is 0 Å². The van der Waals surface area contributed by atoms with Gasteiger partial charge in [-0.25, -0.2) is 9.59 Å². The van der Waals surface area contributed by atoms with E-state index in [-0.39, 0.29) is 6.54 Å². The molecule has 1 aliphatic rings. The Balaban J connectivity index is 1.85. The molecule has 2 rings (SSSR count). The van der Waals surface area contributed by atoms with Gasteiger partial charge in [-0.3, -0.25) is 0 Å².